The second-order valence-corrected chi connectivity index (χ2v) is 4.57. The number of rotatable bonds is 5. The Morgan fingerprint density at radius 1 is 1.19 bits per heavy atom. The number of hydrogen-bond donors (Lipinski definition) is 2. The number of carbonyl (C=O) groups excluding carboxylic acids is 1. The molecule has 0 bridgehead atoms. The molecule has 0 fully saturated rings. The first-order valence-electron chi connectivity index (χ1n) is 6.71. The molecule has 0 unspecified atom stereocenters. The maximum absolute atomic E-state index is 12.3. The fourth-order valence-electron chi connectivity index (χ4n) is 2.07. The van der Waals surface area contributed by atoms with E-state index in [-0.39, 0.29) is 11.3 Å². The third kappa shape index (κ3) is 3.45. The molecule has 1 heterocycles. The van der Waals surface area contributed by atoms with E-state index in [9.17, 15) is 9.59 Å². The molecular weight excluding hydrogens is 268 g/mol. The minimum Gasteiger partial charge on any atom is -0.478 e. The van der Waals surface area contributed by atoms with E-state index in [0.717, 1.165) is 18.4 Å². The van der Waals surface area contributed by atoms with Crippen molar-refractivity contribution in [2.45, 2.75) is 19.8 Å². The molecule has 21 heavy (non-hydrogen) atoms. The fraction of sp³-hybridized carbons (Fsp3) is 0.188. The smallest absolute Gasteiger partial charge is 0.338 e. The van der Waals surface area contributed by atoms with Crippen LogP contribution in [0.3, 0.4) is 0 Å². The topological polar surface area (TPSA) is 79.3 Å². The molecule has 1 amide bonds. The lowest BCUT2D eigenvalue weighted by Gasteiger charge is -2.11. The molecular formula is C16H16N2O3. The molecule has 0 saturated heterocycles. The molecule has 1 aromatic heterocycles. The second-order valence-electron chi connectivity index (χ2n) is 4.57. The zero-order valence-corrected chi connectivity index (χ0v) is 11.7. The summed E-state index contributed by atoms with van der Waals surface area (Å²) in [5.74, 6) is -1.69. The number of para-hydroxylation sites is 1. The van der Waals surface area contributed by atoms with Crippen molar-refractivity contribution in [1.82, 2.24) is 4.98 Å². The van der Waals surface area contributed by atoms with Gasteiger partial charge in [-0.2, -0.15) is 0 Å². The van der Waals surface area contributed by atoms with Crippen LogP contribution < -0.4 is 5.32 Å². The van der Waals surface area contributed by atoms with Crippen molar-refractivity contribution < 1.29 is 14.7 Å². The molecule has 5 nitrogen and oxygen atoms in total. The van der Waals surface area contributed by atoms with Crippen LogP contribution in [0.2, 0.25) is 0 Å². The van der Waals surface area contributed by atoms with Gasteiger partial charge in [-0.1, -0.05) is 31.5 Å². The molecule has 1 aromatic carbocycles. The van der Waals surface area contributed by atoms with Gasteiger partial charge in [0.15, 0.2) is 0 Å². The third-order valence-electron chi connectivity index (χ3n) is 3.04. The van der Waals surface area contributed by atoms with E-state index in [2.05, 4.69) is 17.2 Å². The van der Waals surface area contributed by atoms with Crippen LogP contribution in [0.15, 0.2) is 42.6 Å². The average molecular weight is 284 g/mol. The minimum absolute atomic E-state index is 0.0868. The molecule has 2 N–H and O–H groups in total. The highest BCUT2D eigenvalue weighted by atomic mass is 16.4. The molecule has 0 aliphatic carbocycles. The van der Waals surface area contributed by atoms with Crippen LogP contribution in [-0.2, 0) is 6.42 Å². The highest BCUT2D eigenvalue weighted by Gasteiger charge is 2.18. The summed E-state index contributed by atoms with van der Waals surface area (Å²) >= 11 is 0. The van der Waals surface area contributed by atoms with Crippen LogP contribution in [0.4, 0.5) is 5.69 Å². The number of aromatic nitrogens is 1. The number of carboxylic acid groups (broad SMARTS) is 1. The van der Waals surface area contributed by atoms with Crippen molar-refractivity contribution in [3.8, 4) is 0 Å². The highest BCUT2D eigenvalue weighted by Crippen LogP contribution is 2.18. The number of nitrogens with zero attached hydrogens (tertiary/aromatic N) is 1. The number of nitrogens with one attached hydrogen (secondary N) is 1. The Morgan fingerprint density at radius 3 is 2.67 bits per heavy atom. The lowest BCUT2D eigenvalue weighted by Crippen LogP contribution is -2.18. The molecule has 2 rings (SSSR count). The predicted octanol–water partition coefficient (Wildman–Crippen LogP) is 2.98. The SMILES string of the molecule is CCCc1ccccc1NC(=O)c1ncccc1C(=O)O. The van der Waals surface area contributed by atoms with Gasteiger partial charge in [0.1, 0.15) is 5.69 Å². The molecule has 108 valence electrons. The standard InChI is InChI=1S/C16H16N2O3/c1-2-6-11-7-3-4-9-13(11)18-15(19)14-12(16(20)21)8-5-10-17-14/h3-5,7-10H,2,6H2,1H3,(H,18,19)(H,20,21). The molecule has 0 spiro atoms. The lowest BCUT2D eigenvalue weighted by molar-refractivity contribution is 0.0691. The third-order valence-corrected chi connectivity index (χ3v) is 3.04. The number of hydrogen-bond acceptors (Lipinski definition) is 3. The molecule has 0 saturated carbocycles. The summed E-state index contributed by atoms with van der Waals surface area (Å²) in [6.07, 6.45) is 3.20. The van der Waals surface area contributed by atoms with Crippen molar-refractivity contribution in [2.75, 3.05) is 5.32 Å². The van der Waals surface area contributed by atoms with E-state index >= 15 is 0 Å². The number of pyridine rings is 1. The molecule has 0 aliphatic rings. The number of amides is 1. The molecule has 0 atom stereocenters. The molecule has 0 radical (unpaired) electrons. The largest absolute Gasteiger partial charge is 0.478 e. The molecule has 0 aliphatic heterocycles. The van der Waals surface area contributed by atoms with Gasteiger partial charge in [-0.15, -0.1) is 0 Å². The van der Waals surface area contributed by atoms with Crippen molar-refractivity contribution >= 4 is 17.6 Å². The number of aryl methyl sites for hydroxylation is 1. The van der Waals surface area contributed by atoms with Crippen molar-refractivity contribution in [1.29, 1.82) is 0 Å². The quantitative estimate of drug-likeness (QED) is 0.884. The Balaban J connectivity index is 2.29. The average Bonchev–Trinajstić information content (AvgIpc) is 2.49. The van der Waals surface area contributed by atoms with Crippen LogP contribution in [0.1, 0.15) is 39.8 Å². The lowest BCUT2D eigenvalue weighted by atomic mass is 10.1. The van der Waals surface area contributed by atoms with Gasteiger partial charge < -0.3 is 10.4 Å². The minimum atomic E-state index is -1.17. The number of carboxylic acids is 1. The Labute approximate surface area is 122 Å². The first-order valence-corrected chi connectivity index (χ1v) is 6.71. The predicted molar refractivity (Wildman–Crippen MR) is 79.6 cm³/mol. The Kier molecular flexibility index (Phi) is 4.66. The zero-order chi connectivity index (χ0) is 15.2. The summed E-state index contributed by atoms with van der Waals surface area (Å²) in [5.41, 5.74) is 1.51. The number of carbonyl (C=O) groups is 2. The van der Waals surface area contributed by atoms with Crippen molar-refractivity contribution in [3.63, 3.8) is 0 Å². The van der Waals surface area contributed by atoms with E-state index < -0.39 is 11.9 Å². The maximum atomic E-state index is 12.3. The Hall–Kier alpha value is -2.69. The van der Waals surface area contributed by atoms with Crippen molar-refractivity contribution in [2.24, 2.45) is 0 Å². The number of anilines is 1. The van der Waals surface area contributed by atoms with Crippen LogP contribution >= 0.6 is 0 Å². The first-order chi connectivity index (χ1) is 10.1. The van der Waals surface area contributed by atoms with Crippen molar-refractivity contribution in [3.05, 3.63) is 59.4 Å². The van der Waals surface area contributed by atoms with Gasteiger partial charge in [0.2, 0.25) is 0 Å². The molecule has 5 heteroatoms. The highest BCUT2D eigenvalue weighted by molar-refractivity contribution is 6.09. The summed E-state index contributed by atoms with van der Waals surface area (Å²) in [5, 5.41) is 11.8. The van der Waals surface area contributed by atoms with Gasteiger partial charge in [-0.25, -0.2) is 4.79 Å². The Morgan fingerprint density at radius 2 is 1.95 bits per heavy atom. The fourth-order valence-corrected chi connectivity index (χ4v) is 2.07. The summed E-state index contributed by atoms with van der Waals surface area (Å²) in [4.78, 5) is 27.3. The molecule has 2 aromatic rings. The summed E-state index contributed by atoms with van der Waals surface area (Å²) < 4.78 is 0. The van der Waals surface area contributed by atoms with E-state index in [4.69, 9.17) is 5.11 Å². The van der Waals surface area contributed by atoms with Crippen LogP contribution in [0.5, 0.6) is 0 Å². The van der Waals surface area contributed by atoms with Gasteiger partial charge in [-0.3, -0.25) is 9.78 Å². The van der Waals surface area contributed by atoms with E-state index in [1.807, 2.05) is 18.2 Å². The van der Waals surface area contributed by atoms with Crippen LogP contribution in [0.25, 0.3) is 0 Å². The van der Waals surface area contributed by atoms with Gasteiger partial charge >= 0.3 is 5.97 Å². The zero-order valence-electron chi connectivity index (χ0n) is 11.7. The van der Waals surface area contributed by atoms with Gasteiger partial charge in [0, 0.05) is 11.9 Å². The van der Waals surface area contributed by atoms with Gasteiger partial charge in [-0.05, 0) is 30.2 Å². The number of aromatic carboxylic acids is 1. The Bertz CT molecular complexity index is 668. The summed E-state index contributed by atoms with van der Waals surface area (Å²) in [6.45, 7) is 2.06. The summed E-state index contributed by atoms with van der Waals surface area (Å²) in [7, 11) is 0. The van der Waals surface area contributed by atoms with Gasteiger partial charge in [0.05, 0.1) is 5.56 Å². The van der Waals surface area contributed by atoms with Gasteiger partial charge in [0.25, 0.3) is 5.91 Å². The summed E-state index contributed by atoms with van der Waals surface area (Å²) in [6, 6.07) is 10.3. The van der Waals surface area contributed by atoms with Crippen LogP contribution in [-0.4, -0.2) is 22.0 Å². The van der Waals surface area contributed by atoms with Crippen LogP contribution in [0, 0.1) is 0 Å². The van der Waals surface area contributed by atoms with E-state index in [1.54, 1.807) is 6.07 Å². The van der Waals surface area contributed by atoms with E-state index in [0.29, 0.717) is 5.69 Å². The van der Waals surface area contributed by atoms with E-state index in [1.165, 1.54) is 18.3 Å². The maximum Gasteiger partial charge on any atom is 0.338 e. The monoisotopic (exact) mass is 284 g/mol. The normalized spacial score (nSPS) is 10.1. The first kappa shape index (κ1) is 14.7. The second kappa shape index (κ2) is 6.65. The number of benzene rings is 1.